The van der Waals surface area contributed by atoms with E-state index < -0.39 is 15.9 Å². The number of halogens is 2. The second-order valence-electron chi connectivity index (χ2n) is 4.98. The Bertz CT molecular complexity index is 827. The number of nitrogens with one attached hydrogen (secondary N) is 1. The van der Waals surface area contributed by atoms with E-state index >= 15 is 0 Å². The van der Waals surface area contributed by atoms with Gasteiger partial charge in [0.25, 0.3) is 10.0 Å². The summed E-state index contributed by atoms with van der Waals surface area (Å²) >= 11 is 11.7. The number of sulfonamides is 1. The van der Waals surface area contributed by atoms with Gasteiger partial charge in [0, 0.05) is 18.7 Å². The van der Waals surface area contributed by atoms with Gasteiger partial charge in [-0.05, 0) is 32.0 Å². The third-order valence-corrected chi connectivity index (χ3v) is 5.42. The number of carbonyl (C=O) groups is 1. The van der Waals surface area contributed by atoms with Crippen molar-refractivity contribution in [3.63, 3.8) is 0 Å². The number of aromatic nitrogens is 2. The smallest absolute Gasteiger partial charge is 0.267 e. The highest BCUT2D eigenvalue weighted by molar-refractivity contribution is 7.90. The average Bonchev–Trinajstić information content (AvgIpc) is 2.73. The number of rotatable bonds is 5. The highest BCUT2D eigenvalue weighted by atomic mass is 35.5. The Balaban J connectivity index is 2.09. The zero-order chi connectivity index (χ0) is 17.2. The molecule has 0 radical (unpaired) electrons. The van der Waals surface area contributed by atoms with E-state index in [2.05, 4.69) is 5.10 Å². The number of hydrogen-bond donors (Lipinski definition) is 1. The second kappa shape index (κ2) is 6.90. The third kappa shape index (κ3) is 4.25. The van der Waals surface area contributed by atoms with Gasteiger partial charge in [-0.2, -0.15) is 5.10 Å². The quantitative estimate of drug-likeness (QED) is 0.870. The highest BCUT2D eigenvalue weighted by Crippen LogP contribution is 2.28. The van der Waals surface area contributed by atoms with Gasteiger partial charge in [0.2, 0.25) is 5.91 Å². The van der Waals surface area contributed by atoms with Crippen molar-refractivity contribution < 1.29 is 13.2 Å². The van der Waals surface area contributed by atoms with Crippen molar-refractivity contribution in [2.24, 2.45) is 0 Å². The molecule has 0 fully saturated rings. The zero-order valence-corrected chi connectivity index (χ0v) is 14.8. The molecule has 0 bridgehead atoms. The summed E-state index contributed by atoms with van der Waals surface area (Å²) in [7, 11) is -4.12. The molecule has 0 atom stereocenters. The van der Waals surface area contributed by atoms with Gasteiger partial charge in [0.15, 0.2) is 0 Å². The van der Waals surface area contributed by atoms with Gasteiger partial charge in [-0.3, -0.25) is 9.48 Å². The second-order valence-corrected chi connectivity index (χ2v) is 7.41. The molecule has 0 saturated carbocycles. The summed E-state index contributed by atoms with van der Waals surface area (Å²) < 4.78 is 28.1. The summed E-state index contributed by atoms with van der Waals surface area (Å²) in [4.78, 5) is 11.6. The molecule has 9 heteroatoms. The van der Waals surface area contributed by atoms with Gasteiger partial charge in [-0.25, -0.2) is 13.1 Å². The Morgan fingerprint density at radius 2 is 1.87 bits per heavy atom. The van der Waals surface area contributed by atoms with Crippen LogP contribution in [0, 0.1) is 13.8 Å². The van der Waals surface area contributed by atoms with Crippen molar-refractivity contribution in [1.29, 1.82) is 0 Å². The van der Waals surface area contributed by atoms with Crippen LogP contribution in [-0.2, 0) is 21.4 Å². The topological polar surface area (TPSA) is 81.1 Å². The fourth-order valence-corrected chi connectivity index (χ4v) is 4.26. The molecule has 23 heavy (non-hydrogen) atoms. The molecule has 1 heterocycles. The van der Waals surface area contributed by atoms with Crippen LogP contribution in [0.4, 0.5) is 0 Å². The summed E-state index contributed by atoms with van der Waals surface area (Å²) in [6, 6.07) is 6.18. The molecule has 2 aromatic rings. The summed E-state index contributed by atoms with van der Waals surface area (Å²) in [5, 5.41) is 4.12. The Labute approximate surface area is 144 Å². The molecule has 0 spiro atoms. The molecule has 0 saturated heterocycles. The van der Waals surface area contributed by atoms with Gasteiger partial charge < -0.3 is 0 Å². The fraction of sp³-hybridized carbons (Fsp3) is 0.286. The normalized spacial score (nSPS) is 11.5. The molecule has 0 aliphatic carbocycles. The van der Waals surface area contributed by atoms with Gasteiger partial charge in [0.1, 0.15) is 4.90 Å². The molecule has 1 amide bonds. The minimum absolute atomic E-state index is 0.0384. The van der Waals surface area contributed by atoms with Gasteiger partial charge in [0.05, 0.1) is 15.7 Å². The molecule has 0 unspecified atom stereocenters. The highest BCUT2D eigenvalue weighted by Gasteiger charge is 2.23. The van der Waals surface area contributed by atoms with Crippen molar-refractivity contribution in [2.45, 2.75) is 31.7 Å². The van der Waals surface area contributed by atoms with Gasteiger partial charge in [-0.15, -0.1) is 0 Å². The first-order chi connectivity index (χ1) is 10.7. The lowest BCUT2D eigenvalue weighted by molar-refractivity contribution is -0.119. The molecule has 124 valence electrons. The molecule has 0 aliphatic rings. The summed E-state index contributed by atoms with van der Waals surface area (Å²) in [6.07, 6.45) is -0.0384. The largest absolute Gasteiger partial charge is 0.274 e. The number of nitrogens with zero attached hydrogens (tertiary/aromatic N) is 2. The first-order valence-corrected chi connectivity index (χ1v) is 8.95. The monoisotopic (exact) mass is 375 g/mol. The molecule has 0 aliphatic heterocycles. The maximum Gasteiger partial charge on any atom is 0.267 e. The average molecular weight is 376 g/mol. The number of amides is 1. The van der Waals surface area contributed by atoms with Crippen molar-refractivity contribution in [1.82, 2.24) is 14.5 Å². The van der Waals surface area contributed by atoms with Gasteiger partial charge in [-0.1, -0.05) is 29.3 Å². The van der Waals surface area contributed by atoms with Crippen LogP contribution in [0.3, 0.4) is 0 Å². The molecule has 1 aromatic heterocycles. The van der Waals surface area contributed by atoms with E-state index in [-0.39, 0.29) is 27.9 Å². The zero-order valence-electron chi connectivity index (χ0n) is 12.5. The van der Waals surface area contributed by atoms with Crippen molar-refractivity contribution in [3.8, 4) is 0 Å². The van der Waals surface area contributed by atoms with E-state index in [0.717, 1.165) is 11.4 Å². The molecular formula is C14H15Cl2N3O3S. The minimum Gasteiger partial charge on any atom is -0.274 e. The lowest BCUT2D eigenvalue weighted by atomic mass is 10.4. The lowest BCUT2D eigenvalue weighted by Crippen LogP contribution is -2.31. The summed E-state index contributed by atoms with van der Waals surface area (Å²) in [5.41, 5.74) is 1.73. The molecule has 2 rings (SSSR count). The molecule has 6 nitrogen and oxygen atoms in total. The Kier molecular flexibility index (Phi) is 5.33. The van der Waals surface area contributed by atoms with Crippen LogP contribution < -0.4 is 4.72 Å². The Hall–Kier alpha value is -1.57. The first kappa shape index (κ1) is 17.8. The van der Waals surface area contributed by atoms with Crippen LogP contribution in [0.2, 0.25) is 10.0 Å². The minimum atomic E-state index is -4.12. The van der Waals surface area contributed by atoms with Crippen LogP contribution in [0.5, 0.6) is 0 Å². The van der Waals surface area contributed by atoms with E-state index in [0.29, 0.717) is 0 Å². The van der Waals surface area contributed by atoms with E-state index in [1.165, 1.54) is 18.2 Å². The Morgan fingerprint density at radius 1 is 1.26 bits per heavy atom. The van der Waals surface area contributed by atoms with E-state index in [1.807, 2.05) is 24.6 Å². The molecule has 1 N–H and O–H groups in total. The Morgan fingerprint density at radius 3 is 2.39 bits per heavy atom. The SMILES string of the molecule is Cc1cc(C)n(CCC(=O)NS(=O)(=O)c2c(Cl)cccc2Cl)n1. The maximum absolute atomic E-state index is 12.2. The standard InChI is InChI=1S/C14H15Cl2N3O3S/c1-9-8-10(2)19(17-9)7-6-13(20)18-23(21,22)14-11(15)4-3-5-12(14)16/h3-5,8H,6-7H2,1-2H3,(H,18,20). The lowest BCUT2D eigenvalue weighted by Gasteiger charge is -2.10. The third-order valence-electron chi connectivity index (χ3n) is 3.09. The first-order valence-electron chi connectivity index (χ1n) is 6.71. The number of aryl methyl sites for hydroxylation is 3. The van der Waals surface area contributed by atoms with Crippen molar-refractivity contribution in [2.75, 3.05) is 0 Å². The number of benzene rings is 1. The van der Waals surface area contributed by atoms with Crippen LogP contribution in [0.1, 0.15) is 17.8 Å². The predicted octanol–water partition coefficient (Wildman–Crippen LogP) is 2.70. The fourth-order valence-electron chi connectivity index (χ4n) is 2.10. The van der Waals surface area contributed by atoms with Crippen LogP contribution >= 0.6 is 23.2 Å². The summed E-state index contributed by atoms with van der Waals surface area (Å²) in [5.74, 6) is -0.659. The van der Waals surface area contributed by atoms with Gasteiger partial charge >= 0.3 is 0 Å². The van der Waals surface area contributed by atoms with E-state index in [9.17, 15) is 13.2 Å². The number of carbonyl (C=O) groups excluding carboxylic acids is 1. The molecular weight excluding hydrogens is 361 g/mol. The van der Waals surface area contributed by atoms with Crippen LogP contribution in [-0.4, -0.2) is 24.1 Å². The predicted molar refractivity (Wildman–Crippen MR) is 88.1 cm³/mol. The number of hydrogen-bond acceptors (Lipinski definition) is 4. The summed E-state index contributed by atoms with van der Waals surface area (Å²) in [6.45, 7) is 3.98. The van der Waals surface area contributed by atoms with Crippen molar-refractivity contribution in [3.05, 3.63) is 45.7 Å². The molecule has 1 aromatic carbocycles. The van der Waals surface area contributed by atoms with E-state index in [1.54, 1.807) is 4.68 Å². The van der Waals surface area contributed by atoms with Crippen LogP contribution in [0.15, 0.2) is 29.2 Å². The van der Waals surface area contributed by atoms with Crippen molar-refractivity contribution >= 4 is 39.1 Å². The maximum atomic E-state index is 12.2. The van der Waals surface area contributed by atoms with Crippen LogP contribution in [0.25, 0.3) is 0 Å². The van der Waals surface area contributed by atoms with E-state index in [4.69, 9.17) is 23.2 Å².